The van der Waals surface area contributed by atoms with Crippen molar-refractivity contribution in [3.05, 3.63) is 0 Å². The SMILES string of the molecule is CCCN1CCC[C@@H]1CP. The summed E-state index contributed by atoms with van der Waals surface area (Å²) >= 11 is 0. The Morgan fingerprint density at radius 1 is 1.60 bits per heavy atom. The van der Waals surface area contributed by atoms with Crippen LogP contribution in [0, 0.1) is 0 Å². The van der Waals surface area contributed by atoms with Crippen LogP contribution < -0.4 is 0 Å². The molecule has 0 aromatic rings. The molecule has 1 nitrogen and oxygen atoms in total. The number of nitrogens with zero attached hydrogens (tertiary/aromatic N) is 1. The van der Waals surface area contributed by atoms with Crippen LogP contribution >= 0.6 is 9.24 Å². The van der Waals surface area contributed by atoms with E-state index in [1.165, 1.54) is 38.5 Å². The zero-order valence-corrected chi connectivity index (χ0v) is 8.00. The Hall–Kier alpha value is 0.390. The van der Waals surface area contributed by atoms with Crippen LogP contribution in [0.2, 0.25) is 0 Å². The highest BCUT2D eigenvalue weighted by Crippen LogP contribution is 2.18. The molecule has 1 aliphatic rings. The molecule has 2 atom stereocenters. The summed E-state index contributed by atoms with van der Waals surface area (Å²) < 4.78 is 0. The number of rotatable bonds is 3. The fourth-order valence-electron chi connectivity index (χ4n) is 1.74. The van der Waals surface area contributed by atoms with Crippen LogP contribution in [0.5, 0.6) is 0 Å². The van der Waals surface area contributed by atoms with Crippen molar-refractivity contribution in [3.63, 3.8) is 0 Å². The molecule has 0 aliphatic carbocycles. The van der Waals surface area contributed by atoms with E-state index in [1.807, 2.05) is 0 Å². The molecule has 1 fully saturated rings. The van der Waals surface area contributed by atoms with Gasteiger partial charge in [-0.3, -0.25) is 0 Å². The van der Waals surface area contributed by atoms with E-state index in [4.69, 9.17) is 0 Å². The average molecular weight is 159 g/mol. The number of likely N-dealkylation sites (tertiary alicyclic amines) is 1. The molecule has 1 aliphatic heterocycles. The fraction of sp³-hybridized carbons (Fsp3) is 1.00. The summed E-state index contributed by atoms with van der Waals surface area (Å²) in [5, 5.41) is 0. The highest BCUT2D eigenvalue weighted by molar-refractivity contribution is 7.16. The third kappa shape index (κ3) is 1.93. The van der Waals surface area contributed by atoms with E-state index in [-0.39, 0.29) is 0 Å². The molecular weight excluding hydrogens is 141 g/mol. The van der Waals surface area contributed by atoms with Gasteiger partial charge in [-0.2, -0.15) is 0 Å². The van der Waals surface area contributed by atoms with E-state index < -0.39 is 0 Å². The lowest BCUT2D eigenvalue weighted by molar-refractivity contribution is 0.273. The molecule has 1 unspecified atom stereocenters. The Kier molecular flexibility index (Phi) is 3.65. The van der Waals surface area contributed by atoms with Crippen molar-refractivity contribution in [1.82, 2.24) is 4.90 Å². The molecule has 0 aromatic heterocycles. The van der Waals surface area contributed by atoms with Gasteiger partial charge in [0.2, 0.25) is 0 Å². The van der Waals surface area contributed by atoms with E-state index in [0.29, 0.717) is 0 Å². The lowest BCUT2D eigenvalue weighted by Crippen LogP contribution is -2.31. The standard InChI is InChI=1S/C8H18NP/c1-2-5-9-6-3-4-8(9)7-10/h8H,2-7,10H2,1H3/t8-/m1/s1. The Morgan fingerprint density at radius 3 is 3.00 bits per heavy atom. The van der Waals surface area contributed by atoms with Gasteiger partial charge in [0.15, 0.2) is 0 Å². The van der Waals surface area contributed by atoms with E-state index in [9.17, 15) is 0 Å². The molecule has 0 bridgehead atoms. The second-order valence-electron chi connectivity index (χ2n) is 3.07. The van der Waals surface area contributed by atoms with Crippen LogP contribution in [-0.4, -0.2) is 30.2 Å². The van der Waals surface area contributed by atoms with Crippen molar-refractivity contribution in [3.8, 4) is 0 Å². The van der Waals surface area contributed by atoms with E-state index in [1.54, 1.807) is 0 Å². The third-order valence-electron chi connectivity index (χ3n) is 2.28. The predicted molar refractivity (Wildman–Crippen MR) is 49.5 cm³/mol. The summed E-state index contributed by atoms with van der Waals surface area (Å²) in [7, 11) is 2.86. The Morgan fingerprint density at radius 2 is 2.40 bits per heavy atom. The summed E-state index contributed by atoms with van der Waals surface area (Å²) in [6.45, 7) is 4.91. The van der Waals surface area contributed by atoms with Gasteiger partial charge in [-0.05, 0) is 38.5 Å². The Labute approximate surface area is 66.4 Å². The maximum absolute atomic E-state index is 2.86. The van der Waals surface area contributed by atoms with Crippen LogP contribution in [0.25, 0.3) is 0 Å². The number of hydrogen-bond acceptors (Lipinski definition) is 1. The van der Waals surface area contributed by atoms with E-state index in [0.717, 1.165) is 6.04 Å². The van der Waals surface area contributed by atoms with Gasteiger partial charge in [-0.25, -0.2) is 0 Å². The summed E-state index contributed by atoms with van der Waals surface area (Å²) in [5.74, 6) is 0. The zero-order valence-electron chi connectivity index (χ0n) is 6.84. The summed E-state index contributed by atoms with van der Waals surface area (Å²) in [6, 6.07) is 0.880. The summed E-state index contributed by atoms with van der Waals surface area (Å²) in [6.07, 6.45) is 5.41. The minimum Gasteiger partial charge on any atom is -0.300 e. The lowest BCUT2D eigenvalue weighted by atomic mass is 10.2. The fourth-order valence-corrected chi connectivity index (χ4v) is 2.28. The molecule has 2 heteroatoms. The van der Waals surface area contributed by atoms with Crippen LogP contribution in [0.4, 0.5) is 0 Å². The normalized spacial score (nSPS) is 27.6. The first-order valence-corrected chi connectivity index (χ1v) is 5.14. The van der Waals surface area contributed by atoms with Gasteiger partial charge in [0.1, 0.15) is 0 Å². The van der Waals surface area contributed by atoms with Gasteiger partial charge in [0.05, 0.1) is 0 Å². The van der Waals surface area contributed by atoms with Crippen molar-refractivity contribution in [2.75, 3.05) is 19.3 Å². The Bertz CT molecular complexity index is 95.3. The summed E-state index contributed by atoms with van der Waals surface area (Å²) in [5.41, 5.74) is 0. The molecule has 1 rings (SSSR count). The molecule has 60 valence electrons. The molecule has 0 aromatic carbocycles. The Balaban J connectivity index is 2.27. The van der Waals surface area contributed by atoms with Gasteiger partial charge in [0.25, 0.3) is 0 Å². The molecule has 0 spiro atoms. The minimum absolute atomic E-state index is 0.880. The predicted octanol–water partition coefficient (Wildman–Crippen LogP) is 1.74. The first kappa shape index (κ1) is 8.49. The average Bonchev–Trinajstić information content (AvgIpc) is 2.36. The van der Waals surface area contributed by atoms with Crippen molar-refractivity contribution in [2.24, 2.45) is 0 Å². The van der Waals surface area contributed by atoms with Gasteiger partial charge < -0.3 is 4.90 Å². The van der Waals surface area contributed by atoms with E-state index >= 15 is 0 Å². The van der Waals surface area contributed by atoms with Crippen LogP contribution in [0.15, 0.2) is 0 Å². The maximum Gasteiger partial charge on any atom is 0.0130 e. The second kappa shape index (κ2) is 4.31. The quantitative estimate of drug-likeness (QED) is 0.567. The van der Waals surface area contributed by atoms with Crippen molar-refractivity contribution in [2.45, 2.75) is 32.2 Å². The lowest BCUT2D eigenvalue weighted by Gasteiger charge is -2.21. The van der Waals surface area contributed by atoms with Gasteiger partial charge in [-0.15, -0.1) is 9.24 Å². The van der Waals surface area contributed by atoms with E-state index in [2.05, 4.69) is 21.1 Å². The highest BCUT2D eigenvalue weighted by atomic mass is 31.0. The first-order valence-electron chi connectivity index (χ1n) is 4.32. The van der Waals surface area contributed by atoms with Gasteiger partial charge in [-0.1, -0.05) is 6.92 Å². The first-order chi connectivity index (χ1) is 4.88. The molecule has 0 saturated carbocycles. The smallest absolute Gasteiger partial charge is 0.0130 e. The van der Waals surface area contributed by atoms with Crippen LogP contribution in [0.3, 0.4) is 0 Å². The monoisotopic (exact) mass is 159 g/mol. The molecular formula is C8H18NP. The zero-order chi connectivity index (χ0) is 7.40. The molecule has 0 amide bonds. The molecule has 10 heavy (non-hydrogen) atoms. The van der Waals surface area contributed by atoms with Crippen molar-refractivity contribution in [1.29, 1.82) is 0 Å². The topological polar surface area (TPSA) is 3.24 Å². The third-order valence-corrected chi connectivity index (χ3v) is 2.83. The molecule has 0 radical (unpaired) electrons. The molecule has 0 N–H and O–H groups in total. The number of hydrogen-bond donors (Lipinski definition) is 0. The van der Waals surface area contributed by atoms with Crippen molar-refractivity contribution < 1.29 is 0 Å². The largest absolute Gasteiger partial charge is 0.300 e. The second-order valence-corrected chi connectivity index (χ2v) is 3.54. The molecule has 1 heterocycles. The van der Waals surface area contributed by atoms with Crippen LogP contribution in [-0.2, 0) is 0 Å². The van der Waals surface area contributed by atoms with Crippen LogP contribution in [0.1, 0.15) is 26.2 Å². The van der Waals surface area contributed by atoms with Gasteiger partial charge in [0, 0.05) is 6.04 Å². The maximum atomic E-state index is 2.86. The molecule has 1 saturated heterocycles. The van der Waals surface area contributed by atoms with Gasteiger partial charge >= 0.3 is 0 Å². The van der Waals surface area contributed by atoms with Crippen molar-refractivity contribution >= 4 is 9.24 Å². The highest BCUT2D eigenvalue weighted by Gasteiger charge is 2.21. The minimum atomic E-state index is 0.880. The summed E-state index contributed by atoms with van der Waals surface area (Å²) in [4.78, 5) is 2.62.